The minimum Gasteiger partial charge on any atom is -0.434 e. The van der Waals surface area contributed by atoms with Gasteiger partial charge in [0.1, 0.15) is 0 Å². The molecule has 0 radical (unpaired) electrons. The Morgan fingerprint density at radius 1 is 1.33 bits per heavy atom. The van der Waals surface area contributed by atoms with Gasteiger partial charge in [0.15, 0.2) is 0 Å². The van der Waals surface area contributed by atoms with Gasteiger partial charge in [-0.1, -0.05) is 0 Å². The van der Waals surface area contributed by atoms with E-state index in [1.165, 1.54) is 4.90 Å². The number of nitrogens with zero attached hydrogens (tertiary/aromatic N) is 1. The average Bonchev–Trinajstić information content (AvgIpc) is 2.45. The van der Waals surface area contributed by atoms with Crippen LogP contribution in [0.4, 0.5) is 18.0 Å². The van der Waals surface area contributed by atoms with E-state index < -0.39 is 25.0 Å². The number of alkyl halides is 3. The first-order chi connectivity index (χ1) is 9.86. The van der Waals surface area contributed by atoms with Crippen molar-refractivity contribution in [3.05, 3.63) is 0 Å². The highest BCUT2D eigenvalue weighted by Crippen LogP contribution is 2.37. The van der Waals surface area contributed by atoms with Gasteiger partial charge >= 0.3 is 12.3 Å². The zero-order chi connectivity index (χ0) is 15.5. The molecule has 0 aromatic heterocycles. The molecular formula is C13H21F3N2O3. The summed E-state index contributed by atoms with van der Waals surface area (Å²) in [5.74, 6) is 0. The van der Waals surface area contributed by atoms with Crippen LogP contribution in [0.3, 0.4) is 0 Å². The fourth-order valence-corrected chi connectivity index (χ4v) is 3.02. The first kappa shape index (κ1) is 16.4. The third kappa shape index (κ3) is 4.00. The topological polar surface area (TPSA) is 61.8 Å². The number of likely N-dealkylation sites (tertiary alicyclic amines) is 1. The molecule has 2 fully saturated rings. The van der Waals surface area contributed by atoms with Crippen LogP contribution in [0.2, 0.25) is 0 Å². The lowest BCUT2D eigenvalue weighted by Gasteiger charge is -2.44. The molecule has 2 N–H and O–H groups in total. The van der Waals surface area contributed by atoms with Crippen LogP contribution in [-0.2, 0) is 4.74 Å². The number of halogens is 3. The van der Waals surface area contributed by atoms with E-state index >= 15 is 0 Å². The maximum Gasteiger partial charge on any atom is 0.427 e. The third-order valence-electron chi connectivity index (χ3n) is 4.42. The molecule has 2 heterocycles. The zero-order valence-electron chi connectivity index (χ0n) is 11.8. The van der Waals surface area contributed by atoms with E-state index in [1.807, 2.05) is 0 Å². The van der Waals surface area contributed by atoms with Crippen molar-refractivity contribution < 1.29 is 27.8 Å². The van der Waals surface area contributed by atoms with Gasteiger partial charge in [0.05, 0.1) is 6.61 Å². The first-order valence-corrected chi connectivity index (χ1v) is 7.20. The highest BCUT2D eigenvalue weighted by molar-refractivity contribution is 5.68. The summed E-state index contributed by atoms with van der Waals surface area (Å²) in [5, 5.41) is 12.0. The van der Waals surface area contributed by atoms with Crippen molar-refractivity contribution >= 4 is 6.09 Å². The van der Waals surface area contributed by atoms with E-state index in [0.717, 1.165) is 38.8 Å². The Bertz CT molecular complexity index is 360. The van der Waals surface area contributed by atoms with E-state index in [2.05, 4.69) is 10.1 Å². The fraction of sp³-hybridized carbons (Fsp3) is 0.923. The Morgan fingerprint density at radius 2 is 2.00 bits per heavy atom. The number of carbonyl (C=O) groups is 1. The molecule has 0 saturated carbocycles. The van der Waals surface area contributed by atoms with Gasteiger partial charge in [-0.2, -0.15) is 13.2 Å². The van der Waals surface area contributed by atoms with Gasteiger partial charge in [-0.3, -0.25) is 0 Å². The Kier molecular flexibility index (Phi) is 4.98. The molecule has 5 nitrogen and oxygen atoms in total. The highest BCUT2D eigenvalue weighted by atomic mass is 19.4. The summed E-state index contributed by atoms with van der Waals surface area (Å²) in [6.07, 6.45) is -4.47. The zero-order valence-corrected chi connectivity index (χ0v) is 11.8. The maximum absolute atomic E-state index is 12.5. The van der Waals surface area contributed by atoms with Crippen LogP contribution in [0, 0.1) is 5.41 Å². The molecule has 1 amide bonds. The van der Waals surface area contributed by atoms with Crippen molar-refractivity contribution in [1.29, 1.82) is 0 Å². The van der Waals surface area contributed by atoms with Gasteiger partial charge < -0.3 is 20.1 Å². The quantitative estimate of drug-likeness (QED) is 0.812. The second kappa shape index (κ2) is 6.39. The summed E-state index contributed by atoms with van der Waals surface area (Å²) in [4.78, 5) is 13.1. The van der Waals surface area contributed by atoms with Crippen LogP contribution in [0.5, 0.6) is 0 Å². The van der Waals surface area contributed by atoms with Crippen LogP contribution < -0.4 is 5.32 Å². The number of carbonyl (C=O) groups excluding carboxylic acids is 1. The van der Waals surface area contributed by atoms with E-state index in [-0.39, 0.29) is 5.41 Å². The lowest BCUT2D eigenvalue weighted by molar-refractivity contribution is -0.215. The predicted molar refractivity (Wildman–Crippen MR) is 68.8 cm³/mol. The van der Waals surface area contributed by atoms with Gasteiger partial charge in [0.25, 0.3) is 0 Å². The summed E-state index contributed by atoms with van der Waals surface area (Å²) in [5.41, 5.74) is 0.162. The van der Waals surface area contributed by atoms with Crippen LogP contribution in [-0.4, -0.2) is 61.2 Å². The molecule has 0 aliphatic carbocycles. The minimum absolute atomic E-state index is 0.162. The SMILES string of the molecule is O=C(O[C@H](CO)C(F)(F)F)N1CCC2(CCCNC2)CC1. The number of piperidine rings is 2. The predicted octanol–water partition coefficient (Wildman–Crippen LogP) is 1.51. The summed E-state index contributed by atoms with van der Waals surface area (Å²) in [7, 11) is 0. The lowest BCUT2D eigenvalue weighted by Crippen LogP contribution is -2.50. The van der Waals surface area contributed by atoms with Crippen molar-refractivity contribution in [3.8, 4) is 0 Å². The average molecular weight is 310 g/mol. The Morgan fingerprint density at radius 3 is 2.48 bits per heavy atom. The normalized spacial score (nSPS) is 23.9. The molecular weight excluding hydrogens is 289 g/mol. The second-order valence-corrected chi connectivity index (χ2v) is 5.86. The van der Waals surface area contributed by atoms with Crippen LogP contribution in [0.25, 0.3) is 0 Å². The smallest absolute Gasteiger partial charge is 0.427 e. The molecule has 0 aromatic carbocycles. The van der Waals surface area contributed by atoms with Gasteiger partial charge in [0.2, 0.25) is 6.10 Å². The molecule has 21 heavy (non-hydrogen) atoms. The van der Waals surface area contributed by atoms with Gasteiger partial charge in [-0.05, 0) is 37.6 Å². The van der Waals surface area contributed by atoms with Crippen LogP contribution >= 0.6 is 0 Å². The monoisotopic (exact) mass is 310 g/mol. The molecule has 2 aliphatic rings. The Balaban J connectivity index is 1.85. The molecule has 0 aromatic rings. The third-order valence-corrected chi connectivity index (χ3v) is 4.42. The number of nitrogens with one attached hydrogen (secondary N) is 1. The van der Waals surface area contributed by atoms with E-state index in [9.17, 15) is 18.0 Å². The van der Waals surface area contributed by atoms with Crippen molar-refractivity contribution in [3.63, 3.8) is 0 Å². The molecule has 2 rings (SSSR count). The molecule has 2 aliphatic heterocycles. The maximum atomic E-state index is 12.5. The number of hydrogen-bond acceptors (Lipinski definition) is 4. The fourth-order valence-electron chi connectivity index (χ4n) is 3.02. The molecule has 0 unspecified atom stereocenters. The van der Waals surface area contributed by atoms with E-state index in [0.29, 0.717) is 13.1 Å². The van der Waals surface area contributed by atoms with Crippen molar-refractivity contribution in [2.45, 2.75) is 38.0 Å². The Labute approximate surface area is 121 Å². The number of aliphatic hydroxyl groups is 1. The van der Waals surface area contributed by atoms with Gasteiger partial charge in [-0.15, -0.1) is 0 Å². The summed E-state index contributed by atoms with van der Waals surface area (Å²) in [6, 6.07) is 0. The number of hydrogen-bond donors (Lipinski definition) is 2. The van der Waals surface area contributed by atoms with Gasteiger partial charge in [-0.25, -0.2) is 4.79 Å². The number of ether oxygens (including phenoxy) is 1. The minimum atomic E-state index is -4.74. The van der Waals surface area contributed by atoms with E-state index in [4.69, 9.17) is 5.11 Å². The highest BCUT2D eigenvalue weighted by Gasteiger charge is 2.44. The van der Waals surface area contributed by atoms with Crippen LogP contribution in [0.15, 0.2) is 0 Å². The van der Waals surface area contributed by atoms with Crippen molar-refractivity contribution in [2.75, 3.05) is 32.8 Å². The summed E-state index contributed by atoms with van der Waals surface area (Å²) in [6.45, 7) is 1.44. The molecule has 8 heteroatoms. The van der Waals surface area contributed by atoms with Gasteiger partial charge in [0, 0.05) is 19.6 Å². The standard InChI is InChI=1S/C13H21F3N2O3/c14-13(15,16)10(8-19)21-11(20)18-6-3-12(4-7-18)2-1-5-17-9-12/h10,17,19H,1-9H2/t10-/m1/s1. The molecule has 122 valence electrons. The number of aliphatic hydroxyl groups excluding tert-OH is 1. The first-order valence-electron chi connectivity index (χ1n) is 7.20. The number of rotatable bonds is 2. The molecule has 1 atom stereocenters. The summed E-state index contributed by atoms with van der Waals surface area (Å²) >= 11 is 0. The lowest BCUT2D eigenvalue weighted by atomic mass is 9.73. The van der Waals surface area contributed by atoms with Crippen molar-refractivity contribution in [2.24, 2.45) is 5.41 Å². The second-order valence-electron chi connectivity index (χ2n) is 5.86. The largest absolute Gasteiger partial charge is 0.434 e. The summed E-state index contributed by atoms with van der Waals surface area (Å²) < 4.78 is 41.8. The van der Waals surface area contributed by atoms with Crippen molar-refractivity contribution in [1.82, 2.24) is 10.2 Å². The number of amides is 1. The molecule has 2 saturated heterocycles. The molecule has 0 bridgehead atoms. The molecule has 1 spiro atoms. The van der Waals surface area contributed by atoms with Crippen LogP contribution in [0.1, 0.15) is 25.7 Å². The Hall–Kier alpha value is -1.02. The van der Waals surface area contributed by atoms with E-state index in [1.54, 1.807) is 0 Å².